The molecule has 0 bridgehead atoms. The van der Waals surface area contributed by atoms with E-state index in [0.717, 1.165) is 5.57 Å². The summed E-state index contributed by atoms with van der Waals surface area (Å²) in [7, 11) is 0. The molecule has 6 nitrogen and oxygen atoms in total. The Morgan fingerprint density at radius 1 is 0.909 bits per heavy atom. The molecule has 0 aliphatic heterocycles. The van der Waals surface area contributed by atoms with Gasteiger partial charge in [0.15, 0.2) is 11.6 Å². The van der Waals surface area contributed by atoms with Gasteiger partial charge in [-0.1, -0.05) is 6.92 Å². The van der Waals surface area contributed by atoms with Crippen molar-refractivity contribution in [1.29, 1.82) is 0 Å². The summed E-state index contributed by atoms with van der Waals surface area (Å²) < 4.78 is 0. The van der Waals surface area contributed by atoms with Gasteiger partial charge in [0.2, 0.25) is 0 Å². The number of hydrogen-bond acceptors (Lipinski definition) is 6. The van der Waals surface area contributed by atoms with Crippen LogP contribution in [0, 0.1) is 11.8 Å². The standard InChI is InChI=1S/C16H18N4O2/c1-2-6-5-9(19)12-13(14(6)20)16(22)11-8(18)4-3-7(17)10(11)15(12)21/h3-5,12-13H,2,17-20H2,1H3. The van der Waals surface area contributed by atoms with Gasteiger partial charge in [0.05, 0.1) is 23.0 Å². The van der Waals surface area contributed by atoms with Crippen molar-refractivity contribution in [1.82, 2.24) is 0 Å². The van der Waals surface area contributed by atoms with E-state index in [1.54, 1.807) is 6.08 Å². The zero-order valence-corrected chi connectivity index (χ0v) is 12.2. The summed E-state index contributed by atoms with van der Waals surface area (Å²) >= 11 is 0. The molecule has 0 aromatic heterocycles. The second-order valence-corrected chi connectivity index (χ2v) is 5.66. The van der Waals surface area contributed by atoms with Gasteiger partial charge >= 0.3 is 0 Å². The predicted molar refractivity (Wildman–Crippen MR) is 84.7 cm³/mol. The van der Waals surface area contributed by atoms with Crippen molar-refractivity contribution < 1.29 is 9.59 Å². The molecular weight excluding hydrogens is 280 g/mol. The average Bonchev–Trinajstić information content (AvgIpc) is 2.48. The van der Waals surface area contributed by atoms with E-state index in [0.29, 0.717) is 17.8 Å². The van der Waals surface area contributed by atoms with Gasteiger partial charge in [-0.25, -0.2) is 0 Å². The Kier molecular flexibility index (Phi) is 2.98. The number of benzene rings is 1. The van der Waals surface area contributed by atoms with Crippen LogP contribution in [0.15, 0.2) is 35.2 Å². The van der Waals surface area contributed by atoms with Crippen LogP contribution in [0.25, 0.3) is 0 Å². The maximum Gasteiger partial charge on any atom is 0.175 e. The first-order valence-electron chi connectivity index (χ1n) is 7.10. The highest BCUT2D eigenvalue weighted by Gasteiger charge is 2.47. The largest absolute Gasteiger partial charge is 0.401 e. The highest BCUT2D eigenvalue weighted by molar-refractivity contribution is 6.22. The molecule has 2 aliphatic carbocycles. The molecule has 8 N–H and O–H groups in total. The van der Waals surface area contributed by atoms with Gasteiger partial charge in [-0.3, -0.25) is 9.59 Å². The lowest BCUT2D eigenvalue weighted by Gasteiger charge is -2.35. The summed E-state index contributed by atoms with van der Waals surface area (Å²) in [5, 5.41) is 0. The van der Waals surface area contributed by atoms with E-state index in [9.17, 15) is 9.59 Å². The first kappa shape index (κ1) is 14.2. The third-order valence-electron chi connectivity index (χ3n) is 4.45. The van der Waals surface area contributed by atoms with Crippen molar-refractivity contribution in [3.8, 4) is 0 Å². The highest BCUT2D eigenvalue weighted by atomic mass is 16.1. The van der Waals surface area contributed by atoms with Gasteiger partial charge in [0, 0.05) is 22.8 Å². The second-order valence-electron chi connectivity index (χ2n) is 5.66. The summed E-state index contributed by atoms with van der Waals surface area (Å²) in [5.41, 5.74) is 26.3. The summed E-state index contributed by atoms with van der Waals surface area (Å²) in [6.45, 7) is 1.92. The van der Waals surface area contributed by atoms with Crippen molar-refractivity contribution >= 4 is 22.9 Å². The quantitative estimate of drug-likeness (QED) is 0.569. The molecule has 0 saturated heterocycles. The molecule has 2 atom stereocenters. The zero-order valence-electron chi connectivity index (χ0n) is 12.2. The Labute approximate surface area is 127 Å². The molecule has 0 spiro atoms. The number of nitrogens with two attached hydrogens (primary N) is 4. The Hall–Kier alpha value is -2.76. The van der Waals surface area contributed by atoms with Gasteiger partial charge in [-0.05, 0) is 30.2 Å². The maximum atomic E-state index is 12.9. The Morgan fingerprint density at radius 2 is 1.41 bits per heavy atom. The van der Waals surface area contributed by atoms with Crippen molar-refractivity contribution in [2.24, 2.45) is 23.3 Å². The molecule has 114 valence electrons. The molecule has 3 rings (SSSR count). The average molecular weight is 298 g/mol. The zero-order chi connectivity index (χ0) is 16.2. The van der Waals surface area contributed by atoms with Gasteiger partial charge in [-0.15, -0.1) is 0 Å². The van der Waals surface area contributed by atoms with Crippen LogP contribution in [0.2, 0.25) is 0 Å². The van der Waals surface area contributed by atoms with Crippen molar-refractivity contribution in [3.05, 3.63) is 46.3 Å². The smallest absolute Gasteiger partial charge is 0.175 e. The number of fused-ring (bicyclic) bond motifs is 2. The number of anilines is 2. The van der Waals surface area contributed by atoms with Crippen LogP contribution in [0.5, 0.6) is 0 Å². The Bertz CT molecular complexity index is 777. The molecule has 0 radical (unpaired) electrons. The highest BCUT2D eigenvalue weighted by Crippen LogP contribution is 2.43. The minimum absolute atomic E-state index is 0.162. The molecule has 2 aliphatic rings. The topological polar surface area (TPSA) is 138 Å². The Morgan fingerprint density at radius 3 is 1.91 bits per heavy atom. The van der Waals surface area contributed by atoms with E-state index >= 15 is 0 Å². The summed E-state index contributed by atoms with van der Waals surface area (Å²) in [6.07, 6.45) is 2.33. The number of allylic oxidation sites excluding steroid dienone is 4. The van der Waals surface area contributed by atoms with Crippen molar-refractivity contribution in [3.63, 3.8) is 0 Å². The minimum Gasteiger partial charge on any atom is -0.401 e. The molecule has 0 amide bonds. The molecule has 0 heterocycles. The molecule has 6 heteroatoms. The third-order valence-corrected chi connectivity index (χ3v) is 4.45. The van der Waals surface area contributed by atoms with Crippen molar-refractivity contribution in [2.75, 3.05) is 11.5 Å². The molecule has 0 fully saturated rings. The number of nitrogen functional groups attached to an aromatic ring is 2. The van der Waals surface area contributed by atoms with Gasteiger partial charge in [0.25, 0.3) is 0 Å². The molecule has 22 heavy (non-hydrogen) atoms. The number of hydrogen-bond donors (Lipinski definition) is 4. The van der Waals surface area contributed by atoms with Crippen LogP contribution in [-0.4, -0.2) is 11.6 Å². The number of Topliss-reactive ketones (excluding diaryl/α,β-unsaturated/α-hetero) is 2. The van der Waals surface area contributed by atoms with Crippen LogP contribution >= 0.6 is 0 Å². The lowest BCUT2D eigenvalue weighted by atomic mass is 9.67. The summed E-state index contributed by atoms with van der Waals surface area (Å²) in [5.74, 6) is -2.16. The number of carbonyl (C=O) groups is 2. The van der Waals surface area contributed by atoms with E-state index in [1.165, 1.54) is 12.1 Å². The SMILES string of the molecule is CCC1=C(N)C2C(=O)c3c(N)ccc(N)c3C(=O)C2C(N)=C1. The Balaban J connectivity index is 2.30. The fourth-order valence-corrected chi connectivity index (χ4v) is 3.32. The molecule has 0 saturated carbocycles. The monoisotopic (exact) mass is 298 g/mol. The number of ketones is 2. The fraction of sp³-hybridized carbons (Fsp3) is 0.250. The van der Waals surface area contributed by atoms with Crippen LogP contribution in [0.1, 0.15) is 34.1 Å². The van der Waals surface area contributed by atoms with Gasteiger partial charge < -0.3 is 22.9 Å². The van der Waals surface area contributed by atoms with Crippen LogP contribution < -0.4 is 22.9 Å². The van der Waals surface area contributed by atoms with Crippen molar-refractivity contribution in [2.45, 2.75) is 13.3 Å². The van der Waals surface area contributed by atoms with E-state index in [2.05, 4.69) is 0 Å². The van der Waals surface area contributed by atoms with Crippen LogP contribution in [-0.2, 0) is 0 Å². The predicted octanol–water partition coefficient (Wildman–Crippen LogP) is 0.941. The maximum absolute atomic E-state index is 12.9. The summed E-state index contributed by atoms with van der Waals surface area (Å²) in [4.78, 5) is 25.7. The van der Waals surface area contributed by atoms with Crippen LogP contribution in [0.4, 0.5) is 11.4 Å². The molecule has 1 aromatic carbocycles. The minimum atomic E-state index is -0.792. The first-order chi connectivity index (χ1) is 10.4. The van der Waals surface area contributed by atoms with Gasteiger partial charge in [-0.2, -0.15) is 0 Å². The second kappa shape index (κ2) is 4.62. The normalized spacial score (nSPS) is 24.0. The van der Waals surface area contributed by atoms with E-state index in [-0.39, 0.29) is 34.1 Å². The lowest BCUT2D eigenvalue weighted by molar-refractivity contribution is 0.0784. The first-order valence-corrected chi connectivity index (χ1v) is 7.10. The fourth-order valence-electron chi connectivity index (χ4n) is 3.32. The number of carbonyl (C=O) groups excluding carboxylic acids is 2. The van der Waals surface area contributed by atoms with E-state index in [1.807, 2.05) is 6.92 Å². The lowest BCUT2D eigenvalue weighted by Crippen LogP contribution is -2.44. The van der Waals surface area contributed by atoms with Crippen LogP contribution in [0.3, 0.4) is 0 Å². The van der Waals surface area contributed by atoms with Gasteiger partial charge in [0.1, 0.15) is 0 Å². The molecule has 2 unspecified atom stereocenters. The summed E-state index contributed by atoms with van der Waals surface area (Å²) in [6, 6.07) is 3.06. The number of rotatable bonds is 1. The molecular formula is C16H18N4O2. The van der Waals surface area contributed by atoms with E-state index < -0.39 is 11.8 Å². The van der Waals surface area contributed by atoms with E-state index in [4.69, 9.17) is 22.9 Å². The molecule has 1 aromatic rings. The third kappa shape index (κ3) is 1.67.